The molecule has 0 N–H and O–H groups in total. The van der Waals surface area contributed by atoms with E-state index in [1.165, 1.54) is 0 Å². The monoisotopic (exact) mass is 230 g/mol. The molecule has 0 aliphatic carbocycles. The largest absolute Gasteiger partial charge is 0.415 e. The van der Waals surface area contributed by atoms with Crippen molar-refractivity contribution in [2.45, 2.75) is 12.8 Å². The van der Waals surface area contributed by atoms with Crippen LogP contribution in [-0.4, -0.2) is 24.1 Å². The van der Waals surface area contributed by atoms with Crippen molar-refractivity contribution in [3.63, 3.8) is 0 Å². The summed E-state index contributed by atoms with van der Waals surface area (Å²) in [7, 11) is 0. The van der Waals surface area contributed by atoms with Crippen molar-refractivity contribution >= 4 is 6.09 Å². The summed E-state index contributed by atoms with van der Waals surface area (Å²) in [5.74, 6) is 0.476. The van der Waals surface area contributed by atoms with Crippen LogP contribution in [0, 0.1) is 17.2 Å². The summed E-state index contributed by atoms with van der Waals surface area (Å²) in [6, 6.07) is 11.2. The van der Waals surface area contributed by atoms with Gasteiger partial charge in [0.25, 0.3) is 0 Å². The Hall–Kier alpha value is -2.02. The van der Waals surface area contributed by atoms with Crippen LogP contribution in [0.2, 0.25) is 0 Å². The molecule has 1 amide bonds. The van der Waals surface area contributed by atoms with Gasteiger partial charge in [0.1, 0.15) is 5.75 Å². The number of hydrogen-bond donors (Lipinski definition) is 0. The third kappa shape index (κ3) is 2.97. The highest BCUT2D eigenvalue weighted by Crippen LogP contribution is 2.17. The van der Waals surface area contributed by atoms with Gasteiger partial charge in [-0.3, -0.25) is 0 Å². The Kier molecular flexibility index (Phi) is 3.61. The summed E-state index contributed by atoms with van der Waals surface area (Å²) in [6.07, 6.45) is 1.37. The van der Waals surface area contributed by atoms with Crippen molar-refractivity contribution in [2.24, 2.45) is 5.92 Å². The zero-order chi connectivity index (χ0) is 12.1. The van der Waals surface area contributed by atoms with Gasteiger partial charge in [-0.1, -0.05) is 18.2 Å². The number of ether oxygens (including phenoxy) is 1. The van der Waals surface area contributed by atoms with Crippen molar-refractivity contribution in [1.29, 1.82) is 5.26 Å². The van der Waals surface area contributed by atoms with Gasteiger partial charge in [0, 0.05) is 13.1 Å². The van der Waals surface area contributed by atoms with Gasteiger partial charge in [0.05, 0.1) is 12.0 Å². The Morgan fingerprint density at radius 1 is 1.41 bits per heavy atom. The number of para-hydroxylation sites is 1. The van der Waals surface area contributed by atoms with E-state index in [0.29, 0.717) is 18.8 Å². The second-order valence-corrected chi connectivity index (χ2v) is 4.10. The quantitative estimate of drug-likeness (QED) is 0.744. The van der Waals surface area contributed by atoms with Crippen LogP contribution in [0.1, 0.15) is 12.8 Å². The minimum Gasteiger partial charge on any atom is -0.410 e. The first-order valence-corrected chi connectivity index (χ1v) is 5.71. The summed E-state index contributed by atoms with van der Waals surface area (Å²) in [6.45, 7) is 1.14. The van der Waals surface area contributed by atoms with Crippen molar-refractivity contribution < 1.29 is 9.53 Å². The molecule has 4 nitrogen and oxygen atoms in total. The molecule has 1 aliphatic rings. The molecule has 1 aliphatic heterocycles. The second-order valence-electron chi connectivity index (χ2n) is 4.10. The molecule has 88 valence electrons. The third-order valence-electron chi connectivity index (χ3n) is 2.81. The first-order chi connectivity index (χ1) is 8.29. The molecule has 17 heavy (non-hydrogen) atoms. The minimum atomic E-state index is -0.365. The minimum absolute atomic E-state index is 0.0629. The van der Waals surface area contributed by atoms with Gasteiger partial charge in [0.15, 0.2) is 0 Å². The number of carbonyl (C=O) groups excluding carboxylic acids is 1. The molecule has 0 aromatic heterocycles. The summed E-state index contributed by atoms with van der Waals surface area (Å²) in [5, 5.41) is 8.85. The highest BCUT2D eigenvalue weighted by Gasteiger charge is 2.24. The molecule has 0 radical (unpaired) electrons. The lowest BCUT2D eigenvalue weighted by molar-refractivity contribution is 0.134. The van der Waals surface area contributed by atoms with Gasteiger partial charge in [-0.2, -0.15) is 5.26 Å². The van der Waals surface area contributed by atoms with Crippen LogP contribution >= 0.6 is 0 Å². The molecule has 4 heteroatoms. The van der Waals surface area contributed by atoms with Crippen molar-refractivity contribution in [3.8, 4) is 11.8 Å². The highest BCUT2D eigenvalue weighted by molar-refractivity contribution is 5.70. The topological polar surface area (TPSA) is 53.3 Å². The maximum Gasteiger partial charge on any atom is 0.415 e. The van der Waals surface area contributed by atoms with E-state index in [0.717, 1.165) is 12.8 Å². The number of nitriles is 1. The molecule has 0 saturated carbocycles. The number of carbonyl (C=O) groups is 1. The maximum atomic E-state index is 11.8. The fourth-order valence-electron chi connectivity index (χ4n) is 1.90. The van der Waals surface area contributed by atoms with Crippen LogP contribution in [0.4, 0.5) is 4.79 Å². The number of hydrogen-bond acceptors (Lipinski definition) is 3. The summed E-state index contributed by atoms with van der Waals surface area (Å²) in [4.78, 5) is 13.4. The molecule has 0 spiro atoms. The van der Waals surface area contributed by atoms with Gasteiger partial charge < -0.3 is 9.64 Å². The SMILES string of the molecule is N#CC1CCCN(C(=O)Oc2ccccc2)C1. The normalized spacial score (nSPS) is 19.5. The van der Waals surface area contributed by atoms with E-state index in [1.54, 1.807) is 17.0 Å². The average Bonchev–Trinajstić information content (AvgIpc) is 2.40. The molecule has 1 heterocycles. The van der Waals surface area contributed by atoms with Crippen LogP contribution < -0.4 is 4.74 Å². The van der Waals surface area contributed by atoms with Crippen LogP contribution in [0.5, 0.6) is 5.75 Å². The Balaban J connectivity index is 1.94. The Morgan fingerprint density at radius 2 is 2.18 bits per heavy atom. The molecule has 1 saturated heterocycles. The summed E-state index contributed by atoms with van der Waals surface area (Å²) >= 11 is 0. The zero-order valence-electron chi connectivity index (χ0n) is 9.50. The van der Waals surface area contributed by atoms with Gasteiger partial charge in [-0.15, -0.1) is 0 Å². The Bertz CT molecular complexity index is 425. The predicted octanol–water partition coefficient (Wildman–Crippen LogP) is 2.42. The number of likely N-dealkylation sites (tertiary alicyclic amines) is 1. The van der Waals surface area contributed by atoms with E-state index in [9.17, 15) is 4.79 Å². The number of benzene rings is 1. The number of piperidine rings is 1. The fraction of sp³-hybridized carbons (Fsp3) is 0.385. The van der Waals surface area contributed by atoms with Crippen LogP contribution in [0.15, 0.2) is 30.3 Å². The molecule has 1 aromatic rings. The predicted molar refractivity (Wildman–Crippen MR) is 62.4 cm³/mol. The Labute approximate surface area is 100 Å². The standard InChI is InChI=1S/C13H14N2O2/c14-9-11-5-4-8-15(10-11)13(16)17-12-6-2-1-3-7-12/h1-3,6-7,11H,4-5,8,10H2. The maximum absolute atomic E-state index is 11.8. The van der Waals surface area contributed by atoms with Gasteiger partial charge in [0.2, 0.25) is 0 Å². The summed E-state index contributed by atoms with van der Waals surface area (Å²) < 4.78 is 5.22. The first kappa shape index (κ1) is 11.5. The van der Waals surface area contributed by atoms with E-state index in [4.69, 9.17) is 10.00 Å². The molecule has 2 rings (SSSR count). The lowest BCUT2D eigenvalue weighted by atomic mass is 10.0. The first-order valence-electron chi connectivity index (χ1n) is 5.71. The molecule has 1 atom stereocenters. The smallest absolute Gasteiger partial charge is 0.410 e. The lowest BCUT2D eigenvalue weighted by Crippen LogP contribution is -2.41. The molecule has 1 unspecified atom stereocenters. The van der Waals surface area contributed by atoms with Crippen molar-refractivity contribution in [2.75, 3.05) is 13.1 Å². The second kappa shape index (κ2) is 5.35. The molecule has 1 aromatic carbocycles. The van der Waals surface area contributed by atoms with E-state index in [1.807, 2.05) is 18.2 Å². The van der Waals surface area contributed by atoms with E-state index < -0.39 is 0 Å². The molecular formula is C13H14N2O2. The van der Waals surface area contributed by atoms with Gasteiger partial charge in [-0.05, 0) is 25.0 Å². The zero-order valence-corrected chi connectivity index (χ0v) is 9.50. The Morgan fingerprint density at radius 3 is 2.88 bits per heavy atom. The van der Waals surface area contributed by atoms with E-state index in [-0.39, 0.29) is 12.0 Å². The fourth-order valence-corrected chi connectivity index (χ4v) is 1.90. The molecule has 1 fully saturated rings. The lowest BCUT2D eigenvalue weighted by Gasteiger charge is -2.28. The number of amides is 1. The van der Waals surface area contributed by atoms with E-state index in [2.05, 4.69) is 6.07 Å². The van der Waals surface area contributed by atoms with Crippen molar-refractivity contribution in [1.82, 2.24) is 4.90 Å². The van der Waals surface area contributed by atoms with E-state index >= 15 is 0 Å². The van der Waals surface area contributed by atoms with Gasteiger partial charge >= 0.3 is 6.09 Å². The van der Waals surface area contributed by atoms with Crippen molar-refractivity contribution in [3.05, 3.63) is 30.3 Å². The highest BCUT2D eigenvalue weighted by atomic mass is 16.6. The number of rotatable bonds is 1. The third-order valence-corrected chi connectivity index (χ3v) is 2.81. The molecular weight excluding hydrogens is 216 g/mol. The average molecular weight is 230 g/mol. The van der Waals surface area contributed by atoms with Gasteiger partial charge in [-0.25, -0.2) is 4.79 Å². The molecule has 0 bridgehead atoms. The summed E-state index contributed by atoms with van der Waals surface area (Å²) in [5.41, 5.74) is 0. The van der Waals surface area contributed by atoms with Crippen LogP contribution in [0.25, 0.3) is 0 Å². The number of nitrogens with zero attached hydrogens (tertiary/aromatic N) is 2. The van der Waals surface area contributed by atoms with Crippen LogP contribution in [0.3, 0.4) is 0 Å². The van der Waals surface area contributed by atoms with Crippen LogP contribution in [-0.2, 0) is 0 Å².